The van der Waals surface area contributed by atoms with Gasteiger partial charge in [-0.25, -0.2) is 14.8 Å². The summed E-state index contributed by atoms with van der Waals surface area (Å²) in [7, 11) is 0. The molecule has 2 aliphatic rings. The van der Waals surface area contributed by atoms with Crippen LogP contribution in [0.4, 0.5) is 10.6 Å². The number of ether oxygens (including phenoxy) is 1. The van der Waals surface area contributed by atoms with Gasteiger partial charge in [-0.1, -0.05) is 30.3 Å². The first-order valence-electron chi connectivity index (χ1n) is 9.99. The van der Waals surface area contributed by atoms with Gasteiger partial charge in [0.25, 0.3) is 0 Å². The highest BCUT2D eigenvalue weighted by atomic mass is 16.5. The molecule has 2 aromatic rings. The van der Waals surface area contributed by atoms with Crippen molar-refractivity contribution in [3.05, 3.63) is 53.5 Å². The van der Waals surface area contributed by atoms with Gasteiger partial charge < -0.3 is 25.8 Å². The van der Waals surface area contributed by atoms with Crippen LogP contribution in [0.5, 0.6) is 0 Å². The van der Waals surface area contributed by atoms with Crippen LogP contribution in [0.3, 0.4) is 0 Å². The van der Waals surface area contributed by atoms with E-state index in [0.29, 0.717) is 38.0 Å². The fraction of sp³-hybridized carbons (Fsp3) is 0.381. The van der Waals surface area contributed by atoms with Gasteiger partial charge in [0, 0.05) is 43.7 Å². The zero-order valence-electron chi connectivity index (χ0n) is 16.9. The molecule has 0 unspecified atom stereocenters. The molecule has 2 aliphatic heterocycles. The molecule has 0 saturated carbocycles. The molecule has 31 heavy (non-hydrogen) atoms. The van der Waals surface area contributed by atoms with Gasteiger partial charge in [-0.05, 0) is 12.0 Å². The van der Waals surface area contributed by atoms with Gasteiger partial charge in [0.1, 0.15) is 12.4 Å². The van der Waals surface area contributed by atoms with E-state index in [1.54, 1.807) is 6.20 Å². The smallest absolute Gasteiger partial charge is 0.407 e. The number of aromatic nitrogens is 2. The van der Waals surface area contributed by atoms with Gasteiger partial charge in [-0.15, -0.1) is 0 Å². The summed E-state index contributed by atoms with van der Waals surface area (Å²) in [5.74, 6) is 0.562. The number of anilines is 1. The molecule has 1 fully saturated rings. The van der Waals surface area contributed by atoms with Crippen LogP contribution in [-0.2, 0) is 22.6 Å². The fourth-order valence-corrected chi connectivity index (χ4v) is 3.13. The van der Waals surface area contributed by atoms with E-state index in [1.165, 1.54) is 0 Å². The maximum atomic E-state index is 11.4. The van der Waals surface area contributed by atoms with Crippen molar-refractivity contribution in [1.82, 2.24) is 20.6 Å². The molecule has 2 atom stereocenters. The van der Waals surface area contributed by atoms with E-state index in [0.717, 1.165) is 17.7 Å². The van der Waals surface area contributed by atoms with E-state index in [1.807, 2.05) is 30.3 Å². The number of benzene rings is 1. The largest absolute Gasteiger partial charge is 0.445 e. The van der Waals surface area contributed by atoms with Crippen molar-refractivity contribution in [3.8, 4) is 0 Å². The monoisotopic (exact) mass is 427 g/mol. The van der Waals surface area contributed by atoms with E-state index in [2.05, 4.69) is 25.9 Å². The lowest BCUT2D eigenvalue weighted by Crippen LogP contribution is -2.34. The summed E-state index contributed by atoms with van der Waals surface area (Å²) in [4.78, 5) is 40.4. The lowest BCUT2D eigenvalue weighted by molar-refractivity contribution is -0.116. The molecule has 1 saturated heterocycles. The van der Waals surface area contributed by atoms with Crippen LogP contribution < -0.4 is 16.0 Å². The summed E-state index contributed by atoms with van der Waals surface area (Å²) in [6, 6.07) is 9.52. The van der Waals surface area contributed by atoms with Crippen molar-refractivity contribution in [2.75, 3.05) is 25.0 Å². The molecule has 10 nitrogen and oxygen atoms in total. The van der Waals surface area contributed by atoms with Gasteiger partial charge in [0.15, 0.2) is 12.1 Å². The van der Waals surface area contributed by atoms with Crippen LogP contribution in [0.1, 0.15) is 28.2 Å². The summed E-state index contributed by atoms with van der Waals surface area (Å²) in [6.07, 6.45) is 2.39. The van der Waals surface area contributed by atoms with Crippen LogP contribution in [0.25, 0.3) is 0 Å². The van der Waals surface area contributed by atoms with Crippen molar-refractivity contribution in [3.63, 3.8) is 0 Å². The van der Waals surface area contributed by atoms with Crippen LogP contribution in [0, 0.1) is 5.92 Å². The van der Waals surface area contributed by atoms with E-state index < -0.39 is 6.09 Å². The number of nitrogens with one attached hydrogen (secondary N) is 3. The van der Waals surface area contributed by atoms with E-state index in [4.69, 9.17) is 4.74 Å². The molecule has 4 N–H and O–H groups in total. The molecule has 3 heterocycles. The molecule has 0 aliphatic carbocycles. The third-order valence-corrected chi connectivity index (χ3v) is 4.89. The standard InChI is InChI=1S/C13H18N2O3.C8H7N3O2/c16-12-8-14-6-11(12)7-15-13(17)18-9-10-4-2-1-3-5-10;12-4-6-9-3-5-1-2-7(13)11-8(5)10-6/h1-5,11-12,14,16H,6-9H2,(H,15,17);3-4H,1-2H2,(H,9,10,11,13)/t11-,12-;/m1./s1. The number of nitrogens with zero attached hydrogens (tertiary/aromatic N) is 2. The number of rotatable bonds is 5. The molecule has 0 radical (unpaired) electrons. The van der Waals surface area contributed by atoms with Gasteiger partial charge >= 0.3 is 6.09 Å². The molecule has 164 valence electrons. The Morgan fingerprint density at radius 2 is 2.06 bits per heavy atom. The Morgan fingerprint density at radius 1 is 1.26 bits per heavy atom. The normalized spacial score (nSPS) is 19.3. The van der Waals surface area contributed by atoms with Crippen LogP contribution in [-0.4, -0.2) is 59.1 Å². The molecule has 1 aromatic heterocycles. The Labute approximate surface area is 179 Å². The second kappa shape index (κ2) is 11.1. The molecular weight excluding hydrogens is 402 g/mol. The van der Waals surface area contributed by atoms with E-state index in [-0.39, 0.29) is 30.4 Å². The number of carbonyl (C=O) groups is 3. The van der Waals surface area contributed by atoms with Crippen molar-refractivity contribution in [1.29, 1.82) is 0 Å². The SMILES string of the molecule is O=C(NC[C@H]1CNC[C@H]1O)OCc1ccccc1.O=Cc1ncc2c(n1)NC(=O)CC2. The predicted molar refractivity (Wildman–Crippen MR) is 111 cm³/mol. The van der Waals surface area contributed by atoms with Gasteiger partial charge in [-0.3, -0.25) is 9.59 Å². The summed E-state index contributed by atoms with van der Waals surface area (Å²) >= 11 is 0. The second-order valence-corrected chi connectivity index (χ2v) is 7.20. The topological polar surface area (TPSA) is 143 Å². The third-order valence-electron chi connectivity index (χ3n) is 4.89. The number of amides is 2. The highest BCUT2D eigenvalue weighted by molar-refractivity contribution is 5.92. The number of fused-ring (bicyclic) bond motifs is 1. The zero-order chi connectivity index (χ0) is 22.1. The van der Waals surface area contributed by atoms with Crippen molar-refractivity contribution in [2.24, 2.45) is 5.92 Å². The summed E-state index contributed by atoms with van der Waals surface area (Å²) in [5, 5.41) is 17.9. The zero-order valence-corrected chi connectivity index (χ0v) is 16.9. The van der Waals surface area contributed by atoms with Crippen LogP contribution in [0.2, 0.25) is 0 Å². The van der Waals surface area contributed by atoms with Gasteiger partial charge in [0.05, 0.1) is 6.10 Å². The Balaban J connectivity index is 0.000000185. The number of β-amino-alcohol motifs (C(OH)–C–C–N with tert-alkyl or cyclic N) is 1. The second-order valence-electron chi connectivity index (χ2n) is 7.20. The number of aliphatic hydroxyl groups is 1. The first kappa shape index (κ1) is 22.3. The molecule has 0 spiro atoms. The third kappa shape index (κ3) is 6.83. The number of carbonyl (C=O) groups excluding carboxylic acids is 3. The molecule has 2 amide bonds. The van der Waals surface area contributed by atoms with Crippen LogP contribution >= 0.6 is 0 Å². The first-order chi connectivity index (χ1) is 15.0. The highest BCUT2D eigenvalue weighted by Crippen LogP contribution is 2.18. The molecule has 10 heteroatoms. The fourth-order valence-electron chi connectivity index (χ4n) is 3.13. The van der Waals surface area contributed by atoms with Crippen molar-refractivity contribution < 1.29 is 24.2 Å². The van der Waals surface area contributed by atoms with Crippen molar-refractivity contribution >= 4 is 24.1 Å². The molecule has 1 aromatic carbocycles. The number of aldehydes is 1. The number of hydrogen-bond acceptors (Lipinski definition) is 8. The summed E-state index contributed by atoms with van der Waals surface area (Å²) in [5.41, 5.74) is 1.83. The van der Waals surface area contributed by atoms with E-state index >= 15 is 0 Å². The minimum atomic E-state index is -0.446. The van der Waals surface area contributed by atoms with Crippen molar-refractivity contribution in [2.45, 2.75) is 25.6 Å². The molecule has 4 rings (SSSR count). The number of aryl methyl sites for hydroxylation is 1. The first-order valence-corrected chi connectivity index (χ1v) is 9.99. The number of hydrogen-bond donors (Lipinski definition) is 4. The summed E-state index contributed by atoms with van der Waals surface area (Å²) < 4.78 is 5.07. The Hall–Kier alpha value is -3.37. The minimum absolute atomic E-state index is 0.0641. The quantitative estimate of drug-likeness (QED) is 0.510. The van der Waals surface area contributed by atoms with E-state index in [9.17, 15) is 19.5 Å². The predicted octanol–water partition coefficient (Wildman–Crippen LogP) is 0.667. The van der Waals surface area contributed by atoms with Crippen LogP contribution in [0.15, 0.2) is 36.5 Å². The number of aliphatic hydroxyl groups excluding tert-OH is 1. The minimum Gasteiger partial charge on any atom is -0.445 e. The number of alkyl carbamates (subject to hydrolysis) is 1. The average molecular weight is 427 g/mol. The maximum absolute atomic E-state index is 11.4. The Bertz CT molecular complexity index is 908. The Kier molecular flexibility index (Phi) is 8.02. The average Bonchev–Trinajstić information content (AvgIpc) is 3.21. The molecular formula is C21H25N5O5. The van der Waals surface area contributed by atoms with Gasteiger partial charge in [-0.2, -0.15) is 0 Å². The van der Waals surface area contributed by atoms with Gasteiger partial charge in [0.2, 0.25) is 5.91 Å². The highest BCUT2D eigenvalue weighted by Gasteiger charge is 2.25. The summed E-state index contributed by atoms with van der Waals surface area (Å²) in [6.45, 7) is 2.01. The lowest BCUT2D eigenvalue weighted by Gasteiger charge is -2.14. The molecule has 0 bridgehead atoms. The Morgan fingerprint density at radius 3 is 2.77 bits per heavy atom. The lowest BCUT2D eigenvalue weighted by atomic mass is 10.1. The maximum Gasteiger partial charge on any atom is 0.407 e.